The number of rotatable bonds is 1. The van der Waals surface area contributed by atoms with E-state index in [0.29, 0.717) is 0 Å². The Kier molecular flexibility index (Phi) is 2.09. The molecule has 1 atom stereocenters. The van der Waals surface area contributed by atoms with Gasteiger partial charge in [0.05, 0.1) is 0 Å². The number of nitrogens with two attached hydrogens (primary N) is 1. The molecule has 0 saturated heterocycles. The summed E-state index contributed by atoms with van der Waals surface area (Å²) in [6, 6.07) is 0. The smallest absolute Gasteiger partial charge is 0.207 e. The van der Waals surface area contributed by atoms with Crippen LogP contribution in [0.3, 0.4) is 0 Å². The van der Waals surface area contributed by atoms with E-state index in [2.05, 4.69) is 10.7 Å². The molecule has 0 fully saturated rings. The summed E-state index contributed by atoms with van der Waals surface area (Å²) in [5, 5.41) is 9.55. The predicted octanol–water partition coefficient (Wildman–Crippen LogP) is -0.347. The van der Waals surface area contributed by atoms with Crippen molar-refractivity contribution in [2.75, 3.05) is 0 Å². The summed E-state index contributed by atoms with van der Waals surface area (Å²) < 4.78 is 0. The summed E-state index contributed by atoms with van der Waals surface area (Å²) in [5.74, 6) is 4.36. The van der Waals surface area contributed by atoms with E-state index in [-0.39, 0.29) is 0 Å². The minimum absolute atomic E-state index is 1.09. The fourth-order valence-corrected chi connectivity index (χ4v) is 0. The molecule has 31 valence electrons. The summed E-state index contributed by atoms with van der Waals surface area (Å²) in [5.41, 5.74) is 0. The first kappa shape index (κ1) is 4.88. The van der Waals surface area contributed by atoms with Gasteiger partial charge in [-0.05, 0) is 6.92 Å². The summed E-state index contributed by atoms with van der Waals surface area (Å²) in [7, 11) is 0. The molecule has 0 aromatic heterocycles. The number of hydrogen-bond acceptors (Lipinski definition) is 2. The SMILES string of the molecule is CC([O])ON. The monoisotopic (exact) mass is 76.0 g/mol. The molecule has 3 nitrogen and oxygen atoms in total. The lowest BCUT2D eigenvalue weighted by molar-refractivity contribution is -0.129. The van der Waals surface area contributed by atoms with Crippen molar-refractivity contribution in [3.8, 4) is 0 Å². The molecule has 1 unspecified atom stereocenters. The molecule has 1 radical (unpaired) electrons. The Bertz CT molecular complexity index is 21.6. The van der Waals surface area contributed by atoms with E-state index in [1.165, 1.54) is 6.92 Å². The zero-order valence-corrected chi connectivity index (χ0v) is 2.97. The van der Waals surface area contributed by atoms with E-state index in [9.17, 15) is 5.11 Å². The van der Waals surface area contributed by atoms with Gasteiger partial charge in [-0.1, -0.05) is 0 Å². The molecule has 0 rings (SSSR count). The van der Waals surface area contributed by atoms with Crippen molar-refractivity contribution in [2.24, 2.45) is 5.90 Å². The van der Waals surface area contributed by atoms with Crippen molar-refractivity contribution in [3.05, 3.63) is 0 Å². The van der Waals surface area contributed by atoms with Crippen LogP contribution in [0.4, 0.5) is 0 Å². The molecule has 0 aliphatic carbocycles. The van der Waals surface area contributed by atoms with Crippen LogP contribution in [0.5, 0.6) is 0 Å². The van der Waals surface area contributed by atoms with Crippen LogP contribution in [0.25, 0.3) is 0 Å². The van der Waals surface area contributed by atoms with Crippen LogP contribution in [0, 0.1) is 0 Å². The normalized spacial score (nSPS) is 15.0. The first-order valence-electron chi connectivity index (χ1n) is 1.28. The van der Waals surface area contributed by atoms with Crippen LogP contribution in [-0.4, -0.2) is 6.29 Å². The summed E-state index contributed by atoms with van der Waals surface area (Å²) >= 11 is 0. The fraction of sp³-hybridized carbons (Fsp3) is 1.00. The van der Waals surface area contributed by atoms with Gasteiger partial charge in [0.2, 0.25) is 6.29 Å². The average molecular weight is 76.1 g/mol. The lowest BCUT2D eigenvalue weighted by atomic mass is 10.8. The Morgan fingerprint density at radius 1 is 2.00 bits per heavy atom. The maximum absolute atomic E-state index is 9.55. The first-order chi connectivity index (χ1) is 2.27. The Hall–Kier alpha value is -0.120. The van der Waals surface area contributed by atoms with Gasteiger partial charge in [-0.2, -0.15) is 0 Å². The minimum atomic E-state index is -1.09. The van der Waals surface area contributed by atoms with Crippen LogP contribution < -0.4 is 5.90 Å². The molecule has 0 aliphatic rings. The fourth-order valence-electron chi connectivity index (χ4n) is 0. The van der Waals surface area contributed by atoms with Crippen molar-refractivity contribution in [3.63, 3.8) is 0 Å². The molecule has 0 bridgehead atoms. The molecule has 5 heavy (non-hydrogen) atoms. The van der Waals surface area contributed by atoms with Gasteiger partial charge >= 0.3 is 0 Å². The highest BCUT2D eigenvalue weighted by molar-refractivity contribution is 4.07. The molecule has 0 heterocycles. The quantitative estimate of drug-likeness (QED) is 0.343. The first-order valence-corrected chi connectivity index (χ1v) is 1.28. The maximum Gasteiger partial charge on any atom is 0.207 e. The summed E-state index contributed by atoms with van der Waals surface area (Å²) in [6.07, 6.45) is -1.09. The number of hydrogen-bond donors (Lipinski definition) is 1. The van der Waals surface area contributed by atoms with E-state index < -0.39 is 6.29 Å². The standard InChI is InChI=1S/C2H6NO2/c1-2(4)5-3/h2H,3H2,1H3. The van der Waals surface area contributed by atoms with Gasteiger partial charge in [0.1, 0.15) is 0 Å². The Morgan fingerprint density at radius 3 is 2.20 bits per heavy atom. The van der Waals surface area contributed by atoms with Gasteiger partial charge < -0.3 is 0 Å². The Labute approximate surface area is 30.3 Å². The molecule has 0 aromatic carbocycles. The second kappa shape index (κ2) is 2.14. The van der Waals surface area contributed by atoms with Crippen molar-refractivity contribution >= 4 is 0 Å². The van der Waals surface area contributed by atoms with E-state index in [1.807, 2.05) is 0 Å². The van der Waals surface area contributed by atoms with Crippen molar-refractivity contribution in [1.82, 2.24) is 0 Å². The van der Waals surface area contributed by atoms with E-state index in [4.69, 9.17) is 0 Å². The highest BCUT2D eigenvalue weighted by Crippen LogP contribution is 1.70. The van der Waals surface area contributed by atoms with Crippen LogP contribution in [-0.2, 0) is 9.94 Å². The average Bonchev–Trinajstić information content (AvgIpc) is 1.38. The van der Waals surface area contributed by atoms with Gasteiger partial charge in [-0.3, -0.25) is 4.84 Å². The van der Waals surface area contributed by atoms with E-state index in [1.54, 1.807) is 0 Å². The van der Waals surface area contributed by atoms with Crippen LogP contribution >= 0.6 is 0 Å². The molecule has 0 spiro atoms. The highest BCUT2D eigenvalue weighted by atomic mass is 16.7. The van der Waals surface area contributed by atoms with E-state index >= 15 is 0 Å². The zero-order chi connectivity index (χ0) is 4.28. The lowest BCUT2D eigenvalue weighted by Gasteiger charge is -1.89. The second-order valence-electron chi connectivity index (χ2n) is 0.704. The van der Waals surface area contributed by atoms with Crippen molar-refractivity contribution in [1.29, 1.82) is 0 Å². The molecular weight excluding hydrogens is 70.0 g/mol. The van der Waals surface area contributed by atoms with Gasteiger partial charge in [-0.25, -0.2) is 11.0 Å². The van der Waals surface area contributed by atoms with Gasteiger partial charge in [0.25, 0.3) is 0 Å². The molecule has 0 aliphatic heterocycles. The summed E-state index contributed by atoms with van der Waals surface area (Å²) in [6.45, 7) is 1.32. The minimum Gasteiger partial charge on any atom is -0.270 e. The molecule has 2 N–H and O–H groups in total. The summed E-state index contributed by atoms with van der Waals surface area (Å²) in [4.78, 5) is 3.69. The van der Waals surface area contributed by atoms with Crippen LogP contribution in [0.1, 0.15) is 6.92 Å². The van der Waals surface area contributed by atoms with Crippen LogP contribution in [0.2, 0.25) is 0 Å². The lowest BCUT2D eigenvalue weighted by Crippen LogP contribution is -2.09. The molecular formula is C2H6NO2. The molecule has 0 aromatic rings. The Morgan fingerprint density at radius 2 is 2.20 bits per heavy atom. The van der Waals surface area contributed by atoms with Crippen molar-refractivity contribution in [2.45, 2.75) is 13.2 Å². The topological polar surface area (TPSA) is 55.1 Å². The van der Waals surface area contributed by atoms with Crippen LogP contribution in [0.15, 0.2) is 0 Å². The van der Waals surface area contributed by atoms with Gasteiger partial charge in [0.15, 0.2) is 0 Å². The van der Waals surface area contributed by atoms with Crippen molar-refractivity contribution < 1.29 is 9.94 Å². The zero-order valence-electron chi connectivity index (χ0n) is 2.97. The third kappa shape index (κ3) is 3.88. The molecule has 0 amide bonds. The third-order valence-electron chi connectivity index (χ3n) is 0.192. The predicted molar refractivity (Wildman–Crippen MR) is 15.4 cm³/mol. The molecule has 3 heteroatoms. The maximum atomic E-state index is 9.55. The largest absolute Gasteiger partial charge is 0.270 e. The Balaban J connectivity index is 2.54. The highest BCUT2D eigenvalue weighted by Gasteiger charge is 1.85. The second-order valence-corrected chi connectivity index (χ2v) is 0.704. The van der Waals surface area contributed by atoms with Gasteiger partial charge in [0, 0.05) is 0 Å². The van der Waals surface area contributed by atoms with Gasteiger partial charge in [-0.15, -0.1) is 0 Å². The molecule has 0 saturated carbocycles. The third-order valence-corrected chi connectivity index (χ3v) is 0.192. The van der Waals surface area contributed by atoms with E-state index in [0.717, 1.165) is 0 Å².